The molecule has 0 radical (unpaired) electrons. The number of ketones is 1. The first-order valence-corrected chi connectivity index (χ1v) is 10.1. The molecule has 5 nitrogen and oxygen atoms in total. The van der Waals surface area contributed by atoms with Crippen LogP contribution in [0, 0.1) is 5.92 Å². The molecule has 0 aromatic heterocycles. The lowest BCUT2D eigenvalue weighted by atomic mass is 9.75. The smallest absolute Gasteiger partial charge is 0.323 e. The number of benzene rings is 1. The Labute approximate surface area is 161 Å². The van der Waals surface area contributed by atoms with Crippen molar-refractivity contribution in [3.05, 3.63) is 35.4 Å². The van der Waals surface area contributed by atoms with Gasteiger partial charge in [-0.2, -0.15) is 0 Å². The zero-order valence-corrected chi connectivity index (χ0v) is 16.6. The molecule has 1 heterocycles. The van der Waals surface area contributed by atoms with Crippen LogP contribution < -0.4 is 5.32 Å². The number of amides is 3. The Bertz CT molecular complexity index is 722. The molecule has 2 aliphatic rings. The lowest BCUT2D eigenvalue weighted by Gasteiger charge is -2.34. The van der Waals surface area contributed by atoms with Crippen LogP contribution in [0.3, 0.4) is 0 Å². The zero-order chi connectivity index (χ0) is 19.6. The van der Waals surface area contributed by atoms with Gasteiger partial charge >= 0.3 is 6.03 Å². The van der Waals surface area contributed by atoms with Crippen LogP contribution >= 0.6 is 0 Å². The van der Waals surface area contributed by atoms with E-state index in [2.05, 4.69) is 19.2 Å². The van der Waals surface area contributed by atoms with E-state index < -0.39 is 11.6 Å². The van der Waals surface area contributed by atoms with E-state index in [4.69, 9.17) is 0 Å². The maximum atomic E-state index is 13.0. The van der Waals surface area contributed by atoms with E-state index in [1.165, 1.54) is 12.0 Å². The summed E-state index contributed by atoms with van der Waals surface area (Å²) in [6.07, 6.45) is 6.29. The Hall–Kier alpha value is -2.17. The largest absolute Gasteiger partial charge is 0.325 e. The molecule has 0 unspecified atom stereocenters. The van der Waals surface area contributed by atoms with Crippen molar-refractivity contribution in [3.8, 4) is 0 Å². The minimum absolute atomic E-state index is 0.151. The third-order valence-corrected chi connectivity index (χ3v) is 6.44. The van der Waals surface area contributed by atoms with Crippen molar-refractivity contribution in [1.82, 2.24) is 10.2 Å². The zero-order valence-electron chi connectivity index (χ0n) is 16.6. The van der Waals surface area contributed by atoms with Crippen LogP contribution in [-0.4, -0.2) is 34.7 Å². The molecule has 5 heteroatoms. The summed E-state index contributed by atoms with van der Waals surface area (Å²) in [6.45, 7) is 5.89. The lowest BCUT2D eigenvalue weighted by molar-refractivity contribution is -0.132. The molecule has 27 heavy (non-hydrogen) atoms. The van der Waals surface area contributed by atoms with E-state index >= 15 is 0 Å². The third kappa shape index (κ3) is 3.78. The number of nitrogens with one attached hydrogen (secondary N) is 1. The van der Waals surface area contributed by atoms with E-state index in [0.29, 0.717) is 11.5 Å². The normalized spacial score (nSPS) is 24.8. The van der Waals surface area contributed by atoms with Gasteiger partial charge in [0.25, 0.3) is 5.91 Å². The summed E-state index contributed by atoms with van der Waals surface area (Å²) in [5, 5.41) is 2.87. The Morgan fingerprint density at radius 2 is 1.81 bits per heavy atom. The minimum Gasteiger partial charge on any atom is -0.323 e. The van der Waals surface area contributed by atoms with Gasteiger partial charge in [0.1, 0.15) is 5.54 Å². The molecule has 1 saturated carbocycles. The number of imide groups is 1. The second-order valence-corrected chi connectivity index (χ2v) is 8.21. The average Bonchev–Trinajstić information content (AvgIpc) is 2.92. The van der Waals surface area contributed by atoms with Crippen LogP contribution in [-0.2, 0) is 4.79 Å². The van der Waals surface area contributed by atoms with Crippen molar-refractivity contribution >= 4 is 17.7 Å². The Morgan fingerprint density at radius 3 is 2.41 bits per heavy atom. The molecule has 1 aromatic rings. The minimum atomic E-state index is -0.877. The highest BCUT2D eigenvalue weighted by atomic mass is 16.2. The van der Waals surface area contributed by atoms with Gasteiger partial charge in [-0.05, 0) is 43.6 Å². The summed E-state index contributed by atoms with van der Waals surface area (Å²) in [4.78, 5) is 39.2. The fourth-order valence-electron chi connectivity index (χ4n) is 4.28. The third-order valence-electron chi connectivity index (χ3n) is 6.44. The van der Waals surface area contributed by atoms with Gasteiger partial charge in [-0.3, -0.25) is 14.5 Å². The number of hydrogen-bond donors (Lipinski definition) is 1. The quantitative estimate of drug-likeness (QED) is 0.600. The Morgan fingerprint density at radius 1 is 1.19 bits per heavy atom. The molecule has 1 aliphatic heterocycles. The molecule has 1 saturated heterocycles. The van der Waals surface area contributed by atoms with Gasteiger partial charge in [-0.15, -0.1) is 0 Å². The predicted octanol–water partition coefficient (Wildman–Crippen LogP) is 4.27. The lowest BCUT2D eigenvalue weighted by Crippen LogP contribution is -2.51. The highest BCUT2D eigenvalue weighted by Crippen LogP contribution is 2.36. The van der Waals surface area contributed by atoms with Crippen molar-refractivity contribution in [2.75, 3.05) is 6.54 Å². The monoisotopic (exact) mass is 370 g/mol. The predicted molar refractivity (Wildman–Crippen MR) is 105 cm³/mol. The van der Waals surface area contributed by atoms with Crippen molar-refractivity contribution in [2.24, 2.45) is 5.92 Å². The first-order chi connectivity index (χ1) is 12.9. The summed E-state index contributed by atoms with van der Waals surface area (Å²) < 4.78 is 0. The molecule has 3 amide bonds. The fourth-order valence-corrected chi connectivity index (χ4v) is 4.28. The highest BCUT2D eigenvalue weighted by Gasteiger charge is 2.52. The molecule has 3 rings (SSSR count). The van der Waals surface area contributed by atoms with Gasteiger partial charge in [0, 0.05) is 5.56 Å². The summed E-state index contributed by atoms with van der Waals surface area (Å²) >= 11 is 0. The molecule has 1 aromatic carbocycles. The van der Waals surface area contributed by atoms with Gasteiger partial charge in [-0.25, -0.2) is 4.79 Å². The maximum absolute atomic E-state index is 13.0. The number of hydrogen-bond acceptors (Lipinski definition) is 3. The van der Waals surface area contributed by atoms with Crippen LogP contribution in [0.1, 0.15) is 81.1 Å². The Kier molecular flexibility index (Phi) is 5.68. The fraction of sp³-hybridized carbons (Fsp3) is 0.591. The molecule has 0 spiro atoms. The molecule has 0 bridgehead atoms. The number of urea groups is 1. The molecule has 1 aliphatic carbocycles. The molecule has 1 N–H and O–H groups in total. The molecule has 146 valence electrons. The van der Waals surface area contributed by atoms with Crippen molar-refractivity contribution < 1.29 is 14.4 Å². The second kappa shape index (κ2) is 7.83. The van der Waals surface area contributed by atoms with Crippen molar-refractivity contribution in [1.29, 1.82) is 0 Å². The first kappa shape index (κ1) is 19.6. The van der Waals surface area contributed by atoms with Gasteiger partial charge in [0.2, 0.25) is 0 Å². The van der Waals surface area contributed by atoms with E-state index in [1.54, 1.807) is 12.1 Å². The van der Waals surface area contributed by atoms with E-state index in [1.807, 2.05) is 19.1 Å². The summed E-state index contributed by atoms with van der Waals surface area (Å²) in [7, 11) is 0. The molecule has 2 atom stereocenters. The SMILES string of the molecule is CC[C@@H](C)c1ccc(C(=O)CN2C(=O)N[C@](C)(C3CCCCC3)C2=O)cc1. The van der Waals surface area contributed by atoms with Gasteiger partial charge in [0.15, 0.2) is 5.78 Å². The van der Waals surface area contributed by atoms with Crippen LogP contribution in [0.4, 0.5) is 4.79 Å². The highest BCUT2D eigenvalue weighted by molar-refractivity contribution is 6.11. The number of Topliss-reactive ketones (excluding diaryl/α,β-unsaturated/α-hetero) is 1. The average molecular weight is 370 g/mol. The van der Waals surface area contributed by atoms with Crippen LogP contribution in [0.2, 0.25) is 0 Å². The van der Waals surface area contributed by atoms with E-state index in [0.717, 1.165) is 37.0 Å². The summed E-state index contributed by atoms with van der Waals surface area (Å²) in [6, 6.07) is 7.06. The standard InChI is InChI=1S/C22H30N2O3/c1-4-15(2)16-10-12-17(13-11-16)19(25)14-24-20(26)22(3,23-21(24)27)18-8-6-5-7-9-18/h10-13,15,18H,4-9,14H2,1-3H3,(H,23,27)/t15-,22-/m1/s1. The van der Waals surface area contributed by atoms with Crippen LogP contribution in [0.15, 0.2) is 24.3 Å². The topological polar surface area (TPSA) is 66.5 Å². The maximum Gasteiger partial charge on any atom is 0.325 e. The Balaban J connectivity index is 1.70. The number of rotatable bonds is 6. The van der Waals surface area contributed by atoms with E-state index in [-0.39, 0.29) is 24.2 Å². The number of carbonyl (C=O) groups excluding carboxylic acids is 3. The van der Waals surface area contributed by atoms with Crippen molar-refractivity contribution in [2.45, 2.75) is 70.8 Å². The molecule has 2 fully saturated rings. The van der Waals surface area contributed by atoms with Crippen LogP contribution in [0.5, 0.6) is 0 Å². The van der Waals surface area contributed by atoms with E-state index in [9.17, 15) is 14.4 Å². The number of carbonyl (C=O) groups is 3. The van der Waals surface area contributed by atoms with Gasteiger partial charge in [0.05, 0.1) is 6.54 Å². The summed E-state index contributed by atoms with van der Waals surface area (Å²) in [5.74, 6) is 0.125. The first-order valence-electron chi connectivity index (χ1n) is 10.1. The molecular formula is C22H30N2O3. The summed E-state index contributed by atoms with van der Waals surface area (Å²) in [5.41, 5.74) is 0.848. The molecular weight excluding hydrogens is 340 g/mol. The second-order valence-electron chi connectivity index (χ2n) is 8.21. The van der Waals surface area contributed by atoms with Crippen LogP contribution in [0.25, 0.3) is 0 Å². The number of nitrogens with zero attached hydrogens (tertiary/aromatic N) is 1. The van der Waals surface area contributed by atoms with Crippen molar-refractivity contribution in [3.63, 3.8) is 0 Å². The van der Waals surface area contributed by atoms with Gasteiger partial charge in [-0.1, -0.05) is 57.4 Å². The van der Waals surface area contributed by atoms with Gasteiger partial charge < -0.3 is 5.32 Å².